The van der Waals surface area contributed by atoms with Crippen LogP contribution < -0.4 is 19.1 Å². The predicted octanol–water partition coefficient (Wildman–Crippen LogP) is 4.30. The van der Waals surface area contributed by atoms with E-state index in [4.69, 9.17) is 9.47 Å². The first-order valence-electron chi connectivity index (χ1n) is 9.43. The first kappa shape index (κ1) is 21.2. The Balaban J connectivity index is 1.61. The monoisotopic (exact) mass is 449 g/mol. The molecule has 0 radical (unpaired) electrons. The van der Waals surface area contributed by atoms with Crippen molar-refractivity contribution in [2.75, 3.05) is 23.8 Å². The van der Waals surface area contributed by atoms with Gasteiger partial charge in [-0.15, -0.1) is 0 Å². The zero-order valence-electron chi connectivity index (χ0n) is 17.2. The number of aromatic hydroxyl groups is 1. The van der Waals surface area contributed by atoms with E-state index in [2.05, 4.69) is 33.1 Å². The zero-order valence-corrected chi connectivity index (χ0v) is 18.1. The Labute approximate surface area is 189 Å². The van der Waals surface area contributed by atoms with E-state index in [1.165, 1.54) is 19.4 Å². The lowest BCUT2D eigenvalue weighted by molar-refractivity contribution is 0.260. The molecule has 0 atom stereocenters. The minimum absolute atomic E-state index is 0.0341. The number of hydrogen-bond acceptors (Lipinski definition) is 8. The van der Waals surface area contributed by atoms with E-state index >= 15 is 0 Å². The van der Waals surface area contributed by atoms with E-state index in [0.717, 1.165) is 9.87 Å². The number of methoxy groups -OCH3 is 2. The lowest BCUT2D eigenvalue weighted by Gasteiger charge is -2.16. The number of nitrogens with zero attached hydrogens (tertiary/aromatic N) is 4. The molecule has 4 aromatic rings. The van der Waals surface area contributed by atoms with Gasteiger partial charge in [0.2, 0.25) is 0 Å². The number of thiol groups is 1. The van der Waals surface area contributed by atoms with Gasteiger partial charge in [0.05, 0.1) is 26.1 Å². The van der Waals surface area contributed by atoms with Crippen molar-refractivity contribution in [1.82, 2.24) is 15.0 Å². The first-order chi connectivity index (χ1) is 15.5. The number of fused-ring (bicyclic) bond motifs is 1. The number of aromatic nitrogens is 3. The molecule has 0 aliphatic heterocycles. The van der Waals surface area contributed by atoms with Crippen molar-refractivity contribution in [3.63, 3.8) is 0 Å². The number of phenolic OH excluding ortho intramolecular Hbond substituents is 1. The van der Waals surface area contributed by atoms with E-state index < -0.39 is 6.03 Å². The summed E-state index contributed by atoms with van der Waals surface area (Å²) in [6, 6.07) is 14.9. The lowest BCUT2D eigenvalue weighted by Crippen LogP contribution is -2.27. The number of carbonyl (C=O) groups excluding carboxylic acids is 1. The van der Waals surface area contributed by atoms with Gasteiger partial charge in [0.1, 0.15) is 11.3 Å². The molecule has 0 aliphatic carbocycles. The van der Waals surface area contributed by atoms with E-state index in [1.807, 2.05) is 0 Å². The molecule has 162 valence electrons. The summed E-state index contributed by atoms with van der Waals surface area (Å²) >= 11 is 4.27. The molecule has 2 aromatic carbocycles. The number of hydrogen-bond donors (Lipinski definition) is 3. The summed E-state index contributed by atoms with van der Waals surface area (Å²) in [5.74, 6) is 1.18. The average Bonchev–Trinajstić information content (AvgIpc) is 2.83. The van der Waals surface area contributed by atoms with Crippen LogP contribution in [0.4, 0.5) is 16.3 Å². The molecule has 2 amide bonds. The molecule has 4 rings (SSSR count). The highest BCUT2D eigenvalue weighted by Crippen LogP contribution is 2.31. The summed E-state index contributed by atoms with van der Waals surface area (Å²) in [5, 5.41) is 12.5. The number of amides is 2. The van der Waals surface area contributed by atoms with Gasteiger partial charge in [-0.3, -0.25) is 0 Å². The number of anilines is 2. The molecular weight excluding hydrogens is 430 g/mol. The highest BCUT2D eigenvalue weighted by atomic mass is 32.1. The van der Waals surface area contributed by atoms with Gasteiger partial charge in [-0.05, 0) is 42.5 Å². The van der Waals surface area contributed by atoms with Crippen molar-refractivity contribution in [3.8, 4) is 28.5 Å². The predicted molar refractivity (Wildman–Crippen MR) is 124 cm³/mol. The molecule has 0 unspecified atom stereocenters. The Morgan fingerprint density at radius 2 is 1.91 bits per heavy atom. The van der Waals surface area contributed by atoms with Gasteiger partial charge >= 0.3 is 6.03 Å². The number of carbonyl (C=O) groups is 1. The number of benzene rings is 2. The van der Waals surface area contributed by atoms with Gasteiger partial charge < -0.3 is 19.9 Å². The van der Waals surface area contributed by atoms with Crippen molar-refractivity contribution >= 4 is 41.5 Å². The average molecular weight is 449 g/mol. The maximum atomic E-state index is 12.6. The fourth-order valence-electron chi connectivity index (χ4n) is 2.97. The van der Waals surface area contributed by atoms with Crippen LogP contribution in [0.1, 0.15) is 0 Å². The first-order valence-corrected chi connectivity index (χ1v) is 9.83. The Bertz CT molecular complexity index is 1300. The molecule has 0 saturated heterocycles. The summed E-state index contributed by atoms with van der Waals surface area (Å²) in [6.07, 6.45) is 1.44. The van der Waals surface area contributed by atoms with Crippen LogP contribution >= 0.6 is 12.8 Å². The van der Waals surface area contributed by atoms with Crippen LogP contribution in [0, 0.1) is 0 Å². The van der Waals surface area contributed by atoms with E-state index in [9.17, 15) is 9.90 Å². The third-order valence-corrected chi connectivity index (χ3v) is 4.99. The van der Waals surface area contributed by atoms with Crippen molar-refractivity contribution in [1.29, 1.82) is 0 Å². The summed E-state index contributed by atoms with van der Waals surface area (Å²) in [6.45, 7) is 0. The Kier molecular flexibility index (Phi) is 5.95. The molecule has 10 heteroatoms. The maximum Gasteiger partial charge on any atom is 0.337 e. The molecule has 2 aromatic heterocycles. The highest BCUT2D eigenvalue weighted by Gasteiger charge is 2.16. The van der Waals surface area contributed by atoms with E-state index in [0.29, 0.717) is 34.0 Å². The topological polar surface area (TPSA) is 110 Å². The largest absolute Gasteiger partial charge is 0.504 e. The molecular formula is C22H19N5O4S. The second kappa shape index (κ2) is 8.98. The van der Waals surface area contributed by atoms with Gasteiger partial charge in [-0.1, -0.05) is 18.9 Å². The molecule has 9 nitrogen and oxygen atoms in total. The van der Waals surface area contributed by atoms with Crippen LogP contribution in [0.5, 0.6) is 17.2 Å². The van der Waals surface area contributed by atoms with Gasteiger partial charge in [0.15, 0.2) is 23.0 Å². The Morgan fingerprint density at radius 3 is 2.69 bits per heavy atom. The molecule has 0 aliphatic rings. The third kappa shape index (κ3) is 4.35. The van der Waals surface area contributed by atoms with E-state index in [1.54, 1.807) is 55.6 Å². The molecule has 2 N–H and O–H groups in total. The van der Waals surface area contributed by atoms with Crippen LogP contribution in [0.2, 0.25) is 0 Å². The second-order valence-corrected chi connectivity index (χ2v) is 7.03. The van der Waals surface area contributed by atoms with Crippen LogP contribution in [-0.2, 0) is 0 Å². The van der Waals surface area contributed by atoms with Crippen molar-refractivity contribution in [3.05, 3.63) is 60.8 Å². The minimum Gasteiger partial charge on any atom is -0.504 e. The fraction of sp³-hybridized carbons (Fsp3) is 0.0909. The maximum absolute atomic E-state index is 12.6. The molecule has 0 fully saturated rings. The fourth-order valence-corrected chi connectivity index (χ4v) is 3.12. The molecule has 2 heterocycles. The Morgan fingerprint density at radius 1 is 1.06 bits per heavy atom. The summed E-state index contributed by atoms with van der Waals surface area (Å²) in [7, 11) is 3.02. The number of nitrogens with one attached hydrogen (secondary N) is 1. The lowest BCUT2D eigenvalue weighted by atomic mass is 10.1. The number of ether oxygens (including phenoxy) is 2. The molecule has 0 saturated carbocycles. The smallest absolute Gasteiger partial charge is 0.337 e. The molecule has 0 spiro atoms. The van der Waals surface area contributed by atoms with Crippen LogP contribution in [0.3, 0.4) is 0 Å². The van der Waals surface area contributed by atoms with Gasteiger partial charge in [0.25, 0.3) is 0 Å². The van der Waals surface area contributed by atoms with E-state index in [-0.39, 0.29) is 11.6 Å². The normalized spacial score (nSPS) is 10.6. The standard InChI is InChI=1S/C22H19N5O4S/c1-30-15-5-3-4-14(11-15)24-22(29)27(32)20-12-23-17-8-7-16(25-21(17)26-20)13-6-9-18(28)19(10-13)31-2/h3-12,28,32H,1-2H3,(H,24,29). The number of pyridine rings is 1. The SMILES string of the molecule is COc1cccc(NC(=O)N(S)c2cnc3ccc(-c4ccc(O)c(OC)c4)nc3n2)c1. The summed E-state index contributed by atoms with van der Waals surface area (Å²) in [5.41, 5.74) is 2.77. The number of urea groups is 1. The highest BCUT2D eigenvalue weighted by molar-refractivity contribution is 7.82. The quantitative estimate of drug-likeness (QED) is 0.390. The summed E-state index contributed by atoms with van der Waals surface area (Å²) < 4.78 is 11.4. The molecule has 0 bridgehead atoms. The van der Waals surface area contributed by atoms with Crippen molar-refractivity contribution < 1.29 is 19.4 Å². The van der Waals surface area contributed by atoms with Gasteiger partial charge in [0, 0.05) is 17.3 Å². The van der Waals surface area contributed by atoms with Crippen molar-refractivity contribution in [2.24, 2.45) is 0 Å². The van der Waals surface area contributed by atoms with Gasteiger partial charge in [-0.2, -0.15) is 0 Å². The van der Waals surface area contributed by atoms with Crippen LogP contribution in [-0.4, -0.2) is 40.3 Å². The third-order valence-electron chi connectivity index (χ3n) is 4.60. The van der Waals surface area contributed by atoms with Crippen LogP contribution in [0.25, 0.3) is 22.4 Å². The van der Waals surface area contributed by atoms with Gasteiger partial charge in [-0.25, -0.2) is 24.1 Å². The van der Waals surface area contributed by atoms with Crippen LogP contribution in [0.15, 0.2) is 60.8 Å². The minimum atomic E-state index is -0.519. The number of phenols is 1. The number of rotatable bonds is 5. The second-order valence-electron chi connectivity index (χ2n) is 6.63. The Hall–Kier alpha value is -4.05. The summed E-state index contributed by atoms with van der Waals surface area (Å²) in [4.78, 5) is 25.9. The van der Waals surface area contributed by atoms with Crippen molar-refractivity contribution in [2.45, 2.75) is 0 Å². The molecule has 32 heavy (non-hydrogen) atoms. The zero-order chi connectivity index (χ0) is 22.7.